The molecule has 1 unspecified atom stereocenters. The van der Waals surface area contributed by atoms with Crippen molar-refractivity contribution in [1.82, 2.24) is 0 Å². The van der Waals surface area contributed by atoms with Crippen molar-refractivity contribution in [3.05, 3.63) is 35.6 Å². The Kier molecular flexibility index (Phi) is 6.09. The standard InChI is InChI=1S/C14H21FO/c1-2-3-4-5-13(11-16)10-12-6-8-14(15)9-7-12/h6-9,13,16H,2-5,10-11H2,1H3. The van der Waals surface area contributed by atoms with Gasteiger partial charge in [-0.3, -0.25) is 0 Å². The fraction of sp³-hybridized carbons (Fsp3) is 0.571. The van der Waals surface area contributed by atoms with E-state index in [2.05, 4.69) is 6.92 Å². The largest absolute Gasteiger partial charge is 0.396 e. The smallest absolute Gasteiger partial charge is 0.123 e. The maximum Gasteiger partial charge on any atom is 0.123 e. The Hall–Kier alpha value is -0.890. The number of hydrogen-bond donors (Lipinski definition) is 1. The van der Waals surface area contributed by atoms with Gasteiger partial charge in [0, 0.05) is 6.61 Å². The van der Waals surface area contributed by atoms with Crippen molar-refractivity contribution in [2.45, 2.75) is 39.0 Å². The molecule has 1 N–H and O–H groups in total. The normalized spacial score (nSPS) is 12.7. The first kappa shape index (κ1) is 13.2. The lowest BCUT2D eigenvalue weighted by molar-refractivity contribution is 0.215. The highest BCUT2D eigenvalue weighted by molar-refractivity contribution is 5.16. The number of hydrogen-bond acceptors (Lipinski definition) is 1. The number of aliphatic hydroxyl groups excluding tert-OH is 1. The first-order valence-corrected chi connectivity index (χ1v) is 6.11. The summed E-state index contributed by atoms with van der Waals surface area (Å²) in [6.07, 6.45) is 5.50. The minimum absolute atomic E-state index is 0.199. The number of unbranched alkanes of at least 4 members (excludes halogenated alkanes) is 2. The second-order valence-electron chi connectivity index (χ2n) is 4.37. The van der Waals surface area contributed by atoms with Gasteiger partial charge in [0.2, 0.25) is 0 Å². The van der Waals surface area contributed by atoms with Crippen LogP contribution in [0.1, 0.15) is 38.2 Å². The lowest BCUT2D eigenvalue weighted by Crippen LogP contribution is -2.09. The van der Waals surface area contributed by atoms with Gasteiger partial charge in [-0.15, -0.1) is 0 Å². The lowest BCUT2D eigenvalue weighted by Gasteiger charge is -2.13. The molecule has 0 bridgehead atoms. The van der Waals surface area contributed by atoms with Crippen molar-refractivity contribution in [3.63, 3.8) is 0 Å². The SMILES string of the molecule is CCCCCC(CO)Cc1ccc(F)cc1. The number of aliphatic hydroxyl groups is 1. The summed E-state index contributed by atoms with van der Waals surface area (Å²) in [5.74, 6) is 0.118. The Morgan fingerprint density at radius 3 is 2.44 bits per heavy atom. The van der Waals surface area contributed by atoms with Crippen LogP contribution in [-0.2, 0) is 6.42 Å². The molecule has 1 aromatic carbocycles. The molecule has 2 heteroatoms. The molecule has 0 amide bonds. The Balaban J connectivity index is 2.40. The van der Waals surface area contributed by atoms with Crippen LogP contribution < -0.4 is 0 Å². The fourth-order valence-corrected chi connectivity index (χ4v) is 1.89. The predicted octanol–water partition coefficient (Wildman–Crippen LogP) is 3.56. The highest BCUT2D eigenvalue weighted by Crippen LogP contribution is 2.16. The molecule has 0 aliphatic carbocycles. The molecule has 0 heterocycles. The van der Waals surface area contributed by atoms with Crippen LogP contribution in [0.15, 0.2) is 24.3 Å². The zero-order valence-electron chi connectivity index (χ0n) is 9.95. The van der Waals surface area contributed by atoms with Crippen LogP contribution in [0.4, 0.5) is 4.39 Å². The summed E-state index contributed by atoms with van der Waals surface area (Å²) in [7, 11) is 0. The minimum Gasteiger partial charge on any atom is -0.396 e. The molecule has 16 heavy (non-hydrogen) atoms. The Labute approximate surface area is 97.3 Å². The van der Waals surface area contributed by atoms with Gasteiger partial charge in [0.15, 0.2) is 0 Å². The van der Waals surface area contributed by atoms with E-state index in [9.17, 15) is 9.50 Å². The van der Waals surface area contributed by atoms with Crippen LogP contribution >= 0.6 is 0 Å². The van der Waals surface area contributed by atoms with Crippen molar-refractivity contribution in [3.8, 4) is 0 Å². The van der Waals surface area contributed by atoms with E-state index >= 15 is 0 Å². The van der Waals surface area contributed by atoms with Crippen LogP contribution in [-0.4, -0.2) is 11.7 Å². The molecule has 0 fully saturated rings. The van der Waals surface area contributed by atoms with E-state index in [0.717, 1.165) is 18.4 Å². The molecule has 0 spiro atoms. The van der Waals surface area contributed by atoms with Gasteiger partial charge >= 0.3 is 0 Å². The van der Waals surface area contributed by atoms with Crippen LogP contribution in [0, 0.1) is 11.7 Å². The fourth-order valence-electron chi connectivity index (χ4n) is 1.89. The summed E-state index contributed by atoms with van der Waals surface area (Å²) in [5, 5.41) is 9.27. The number of benzene rings is 1. The maximum absolute atomic E-state index is 12.7. The lowest BCUT2D eigenvalue weighted by atomic mass is 9.94. The average molecular weight is 224 g/mol. The summed E-state index contributed by atoms with van der Waals surface area (Å²) < 4.78 is 12.7. The summed E-state index contributed by atoms with van der Waals surface area (Å²) in [6, 6.07) is 6.57. The van der Waals surface area contributed by atoms with Gasteiger partial charge in [0.1, 0.15) is 5.82 Å². The molecule has 0 saturated heterocycles. The number of halogens is 1. The van der Waals surface area contributed by atoms with E-state index in [0.29, 0.717) is 5.92 Å². The molecular formula is C14H21FO. The summed E-state index contributed by atoms with van der Waals surface area (Å²) in [5.41, 5.74) is 1.11. The highest BCUT2D eigenvalue weighted by atomic mass is 19.1. The van der Waals surface area contributed by atoms with Gasteiger partial charge in [-0.05, 0) is 36.5 Å². The quantitative estimate of drug-likeness (QED) is 0.702. The van der Waals surface area contributed by atoms with Gasteiger partial charge in [0.25, 0.3) is 0 Å². The topological polar surface area (TPSA) is 20.2 Å². The summed E-state index contributed by atoms with van der Waals surface area (Å²) in [6.45, 7) is 2.40. The molecule has 0 aliphatic rings. The van der Waals surface area contributed by atoms with E-state index in [4.69, 9.17) is 0 Å². The van der Waals surface area contributed by atoms with Crippen LogP contribution in [0.2, 0.25) is 0 Å². The van der Waals surface area contributed by atoms with E-state index < -0.39 is 0 Å². The summed E-state index contributed by atoms with van der Waals surface area (Å²) >= 11 is 0. The molecule has 1 aromatic rings. The third-order valence-electron chi connectivity index (χ3n) is 2.91. The van der Waals surface area contributed by atoms with E-state index in [1.54, 1.807) is 12.1 Å². The first-order valence-electron chi connectivity index (χ1n) is 6.11. The molecular weight excluding hydrogens is 203 g/mol. The highest BCUT2D eigenvalue weighted by Gasteiger charge is 2.08. The third kappa shape index (κ3) is 4.75. The van der Waals surface area contributed by atoms with E-state index in [1.165, 1.54) is 31.4 Å². The molecule has 1 atom stereocenters. The number of rotatable bonds is 7. The zero-order chi connectivity index (χ0) is 11.8. The van der Waals surface area contributed by atoms with Gasteiger partial charge in [0.05, 0.1) is 0 Å². The van der Waals surface area contributed by atoms with Gasteiger partial charge in [-0.2, -0.15) is 0 Å². The maximum atomic E-state index is 12.7. The van der Waals surface area contributed by atoms with Gasteiger partial charge < -0.3 is 5.11 Å². The van der Waals surface area contributed by atoms with Crippen molar-refractivity contribution in [1.29, 1.82) is 0 Å². The van der Waals surface area contributed by atoms with Gasteiger partial charge in [-0.1, -0.05) is 38.3 Å². The zero-order valence-corrected chi connectivity index (χ0v) is 9.95. The van der Waals surface area contributed by atoms with Crippen molar-refractivity contribution < 1.29 is 9.50 Å². The summed E-state index contributed by atoms with van der Waals surface area (Å²) in [4.78, 5) is 0. The Bertz CT molecular complexity index is 281. The monoisotopic (exact) mass is 224 g/mol. The molecule has 0 aliphatic heterocycles. The average Bonchev–Trinajstić information content (AvgIpc) is 2.31. The Morgan fingerprint density at radius 2 is 1.88 bits per heavy atom. The second-order valence-corrected chi connectivity index (χ2v) is 4.37. The molecule has 0 saturated carbocycles. The predicted molar refractivity (Wildman–Crippen MR) is 64.8 cm³/mol. The van der Waals surface area contributed by atoms with Gasteiger partial charge in [-0.25, -0.2) is 4.39 Å². The molecule has 90 valence electrons. The molecule has 0 radical (unpaired) electrons. The van der Waals surface area contributed by atoms with Crippen LogP contribution in [0.3, 0.4) is 0 Å². The van der Waals surface area contributed by atoms with E-state index in [1.807, 2.05) is 0 Å². The molecule has 1 nitrogen and oxygen atoms in total. The molecule has 0 aromatic heterocycles. The van der Waals surface area contributed by atoms with Crippen LogP contribution in [0.5, 0.6) is 0 Å². The second kappa shape index (κ2) is 7.39. The first-order chi connectivity index (χ1) is 7.76. The van der Waals surface area contributed by atoms with Crippen LogP contribution in [0.25, 0.3) is 0 Å². The minimum atomic E-state index is -0.199. The molecule has 1 rings (SSSR count). The van der Waals surface area contributed by atoms with Crippen molar-refractivity contribution in [2.75, 3.05) is 6.61 Å². The van der Waals surface area contributed by atoms with Crippen molar-refractivity contribution >= 4 is 0 Å². The van der Waals surface area contributed by atoms with E-state index in [-0.39, 0.29) is 12.4 Å². The van der Waals surface area contributed by atoms with Crippen molar-refractivity contribution in [2.24, 2.45) is 5.92 Å². The Morgan fingerprint density at radius 1 is 1.19 bits per heavy atom. The third-order valence-corrected chi connectivity index (χ3v) is 2.91.